The third-order valence-electron chi connectivity index (χ3n) is 2.75. The SMILES string of the molecule is Cc1ncc(CN(C)S(=O)(=O)c2c(N)cc(Cl)cc2Cl)s1. The fraction of sp³-hybridized carbons (Fsp3) is 0.250. The van der Waals surface area contributed by atoms with Crippen LogP contribution in [0.5, 0.6) is 0 Å². The molecule has 1 aromatic carbocycles. The Labute approximate surface area is 137 Å². The maximum Gasteiger partial charge on any atom is 0.246 e. The molecule has 5 nitrogen and oxygen atoms in total. The van der Waals surface area contributed by atoms with Crippen LogP contribution in [-0.4, -0.2) is 24.8 Å². The zero-order chi connectivity index (χ0) is 15.8. The quantitative estimate of drug-likeness (QED) is 0.844. The summed E-state index contributed by atoms with van der Waals surface area (Å²) in [6.45, 7) is 2.06. The lowest BCUT2D eigenvalue weighted by Crippen LogP contribution is -2.27. The predicted octanol–water partition coefficient (Wildman–Crippen LogP) is 3.16. The summed E-state index contributed by atoms with van der Waals surface area (Å²) in [6.07, 6.45) is 1.65. The molecule has 1 heterocycles. The predicted molar refractivity (Wildman–Crippen MR) is 86.4 cm³/mol. The van der Waals surface area contributed by atoms with Crippen molar-refractivity contribution in [2.75, 3.05) is 12.8 Å². The first-order valence-electron chi connectivity index (χ1n) is 5.84. The minimum absolute atomic E-state index is 0.00679. The molecule has 0 bridgehead atoms. The van der Waals surface area contributed by atoms with Gasteiger partial charge in [-0.3, -0.25) is 0 Å². The zero-order valence-corrected chi connectivity index (χ0v) is 14.4. The maximum absolute atomic E-state index is 12.6. The van der Waals surface area contributed by atoms with Gasteiger partial charge in [0.25, 0.3) is 0 Å². The van der Waals surface area contributed by atoms with Crippen molar-refractivity contribution in [2.45, 2.75) is 18.4 Å². The molecule has 1 aromatic heterocycles. The van der Waals surface area contributed by atoms with Crippen LogP contribution in [0.3, 0.4) is 0 Å². The molecule has 0 aliphatic rings. The monoisotopic (exact) mass is 365 g/mol. The van der Waals surface area contributed by atoms with E-state index in [0.29, 0.717) is 0 Å². The first-order chi connectivity index (χ1) is 9.71. The van der Waals surface area contributed by atoms with Gasteiger partial charge in [-0.15, -0.1) is 11.3 Å². The normalized spacial score (nSPS) is 12.0. The third-order valence-corrected chi connectivity index (χ3v) is 6.20. The summed E-state index contributed by atoms with van der Waals surface area (Å²) in [6, 6.07) is 2.72. The van der Waals surface area contributed by atoms with Gasteiger partial charge in [-0.1, -0.05) is 23.2 Å². The first kappa shape index (κ1) is 16.5. The number of hydrogen-bond donors (Lipinski definition) is 1. The molecular weight excluding hydrogens is 353 g/mol. The van der Waals surface area contributed by atoms with Crippen LogP contribution in [0.2, 0.25) is 10.0 Å². The fourth-order valence-corrected chi connectivity index (χ4v) is 4.81. The lowest BCUT2D eigenvalue weighted by Gasteiger charge is -2.18. The van der Waals surface area contributed by atoms with Gasteiger partial charge in [-0.25, -0.2) is 13.4 Å². The summed E-state index contributed by atoms with van der Waals surface area (Å²) in [5.74, 6) is 0. The molecule has 0 aliphatic heterocycles. The number of rotatable bonds is 4. The van der Waals surface area contributed by atoms with E-state index in [1.54, 1.807) is 6.20 Å². The summed E-state index contributed by atoms with van der Waals surface area (Å²) in [4.78, 5) is 4.81. The number of benzene rings is 1. The van der Waals surface area contributed by atoms with E-state index in [9.17, 15) is 8.42 Å². The highest BCUT2D eigenvalue weighted by molar-refractivity contribution is 7.89. The summed E-state index contributed by atoms with van der Waals surface area (Å²) in [7, 11) is -2.34. The maximum atomic E-state index is 12.6. The second-order valence-corrected chi connectivity index (χ2v) is 8.56. The van der Waals surface area contributed by atoms with E-state index in [2.05, 4.69) is 4.98 Å². The second kappa shape index (κ2) is 6.10. The highest BCUT2D eigenvalue weighted by Crippen LogP contribution is 2.33. The molecule has 0 amide bonds. The van der Waals surface area contributed by atoms with Gasteiger partial charge in [0.2, 0.25) is 10.0 Å². The van der Waals surface area contributed by atoms with Crippen LogP contribution in [0, 0.1) is 6.92 Å². The number of thiazole rings is 1. The molecule has 0 unspecified atom stereocenters. The average molecular weight is 366 g/mol. The van der Waals surface area contributed by atoms with E-state index in [0.717, 1.165) is 9.88 Å². The fourth-order valence-electron chi connectivity index (χ4n) is 1.79. The Bertz CT molecular complexity index is 752. The number of halogens is 2. The van der Waals surface area contributed by atoms with E-state index in [1.165, 1.54) is 34.8 Å². The lowest BCUT2D eigenvalue weighted by molar-refractivity contribution is 0.470. The number of aromatic nitrogens is 1. The first-order valence-corrected chi connectivity index (χ1v) is 8.85. The van der Waals surface area contributed by atoms with E-state index in [1.807, 2.05) is 6.92 Å². The number of anilines is 1. The Balaban J connectivity index is 2.38. The Morgan fingerprint density at radius 1 is 1.38 bits per heavy atom. The van der Waals surface area contributed by atoms with E-state index in [4.69, 9.17) is 28.9 Å². The van der Waals surface area contributed by atoms with Crippen LogP contribution >= 0.6 is 34.5 Å². The van der Waals surface area contributed by atoms with E-state index < -0.39 is 10.0 Å². The van der Waals surface area contributed by atoms with Crippen molar-refractivity contribution in [3.63, 3.8) is 0 Å². The van der Waals surface area contributed by atoms with Crippen LogP contribution in [0.15, 0.2) is 23.2 Å². The van der Waals surface area contributed by atoms with Crippen LogP contribution in [0.25, 0.3) is 0 Å². The Morgan fingerprint density at radius 3 is 2.57 bits per heavy atom. The minimum Gasteiger partial charge on any atom is -0.398 e. The van der Waals surface area contributed by atoms with Gasteiger partial charge in [0.05, 0.1) is 15.7 Å². The molecule has 0 atom stereocenters. The molecule has 9 heteroatoms. The Morgan fingerprint density at radius 2 is 2.05 bits per heavy atom. The summed E-state index contributed by atoms with van der Waals surface area (Å²) < 4.78 is 26.4. The second-order valence-electron chi connectivity index (χ2n) is 4.41. The molecule has 0 saturated heterocycles. The van der Waals surface area contributed by atoms with Gasteiger partial charge >= 0.3 is 0 Å². The summed E-state index contributed by atoms with van der Waals surface area (Å²) in [5, 5.41) is 1.17. The molecule has 2 aromatic rings. The molecule has 0 radical (unpaired) electrons. The number of aryl methyl sites for hydroxylation is 1. The number of nitrogen functional groups attached to an aromatic ring is 1. The van der Waals surface area contributed by atoms with Crippen LogP contribution in [-0.2, 0) is 16.6 Å². The van der Waals surface area contributed by atoms with E-state index in [-0.39, 0.29) is 27.2 Å². The van der Waals surface area contributed by atoms with Crippen molar-refractivity contribution >= 4 is 50.2 Å². The van der Waals surface area contributed by atoms with Crippen LogP contribution in [0.1, 0.15) is 9.88 Å². The van der Waals surface area contributed by atoms with E-state index >= 15 is 0 Å². The number of hydrogen-bond acceptors (Lipinski definition) is 5. The minimum atomic E-state index is -3.81. The van der Waals surface area contributed by atoms with Gasteiger partial charge in [-0.2, -0.15) is 4.31 Å². The Hall–Kier alpha value is -0.860. The molecule has 0 fully saturated rings. The molecule has 21 heavy (non-hydrogen) atoms. The highest BCUT2D eigenvalue weighted by atomic mass is 35.5. The van der Waals surface area contributed by atoms with Gasteiger partial charge in [0.15, 0.2) is 0 Å². The van der Waals surface area contributed by atoms with Crippen molar-refractivity contribution in [1.29, 1.82) is 0 Å². The number of sulfonamides is 1. The summed E-state index contributed by atoms with van der Waals surface area (Å²) >= 11 is 13.2. The standard InChI is InChI=1S/C12H13Cl2N3O2S2/c1-7-16-5-9(20-7)6-17(2)21(18,19)12-10(14)3-8(13)4-11(12)15/h3-5H,6,15H2,1-2H3. The smallest absolute Gasteiger partial charge is 0.246 e. The molecule has 114 valence electrons. The molecule has 0 aliphatic carbocycles. The third kappa shape index (κ3) is 3.49. The number of nitrogens with two attached hydrogens (primary N) is 1. The van der Waals surface area contributed by atoms with Crippen molar-refractivity contribution in [3.8, 4) is 0 Å². The molecule has 2 N–H and O–H groups in total. The highest BCUT2D eigenvalue weighted by Gasteiger charge is 2.27. The Kier molecular flexibility index (Phi) is 4.79. The average Bonchev–Trinajstić information content (AvgIpc) is 2.72. The van der Waals surface area contributed by atoms with Crippen LogP contribution in [0.4, 0.5) is 5.69 Å². The molecule has 0 saturated carbocycles. The lowest BCUT2D eigenvalue weighted by atomic mass is 10.3. The molecule has 0 spiro atoms. The van der Waals surface area contributed by atoms with Crippen molar-refractivity contribution < 1.29 is 8.42 Å². The summed E-state index contributed by atoms with van der Waals surface area (Å²) in [5.41, 5.74) is 5.79. The van der Waals surface area contributed by atoms with Crippen molar-refractivity contribution in [1.82, 2.24) is 9.29 Å². The zero-order valence-electron chi connectivity index (χ0n) is 11.3. The van der Waals surface area contributed by atoms with Gasteiger partial charge < -0.3 is 5.73 Å². The van der Waals surface area contributed by atoms with Gasteiger partial charge in [-0.05, 0) is 19.1 Å². The van der Waals surface area contributed by atoms with Gasteiger partial charge in [0, 0.05) is 29.7 Å². The topological polar surface area (TPSA) is 76.3 Å². The van der Waals surface area contributed by atoms with Crippen molar-refractivity contribution in [2.24, 2.45) is 0 Å². The molecule has 2 rings (SSSR count). The largest absolute Gasteiger partial charge is 0.398 e. The molecular formula is C12H13Cl2N3O2S2. The van der Waals surface area contributed by atoms with Crippen LogP contribution < -0.4 is 5.73 Å². The van der Waals surface area contributed by atoms with Crippen molar-refractivity contribution in [3.05, 3.63) is 38.3 Å². The number of nitrogens with zero attached hydrogens (tertiary/aromatic N) is 2. The van der Waals surface area contributed by atoms with Gasteiger partial charge in [0.1, 0.15) is 4.90 Å².